The van der Waals surface area contributed by atoms with Crippen LogP contribution >= 0.6 is 0 Å². The topological polar surface area (TPSA) is 56.0 Å². The molecular formula is C16H14F2N2O. The van der Waals surface area contributed by atoms with Gasteiger partial charge in [0, 0.05) is 24.7 Å². The first-order chi connectivity index (χ1) is 10.1. The number of benzene rings is 2. The summed E-state index contributed by atoms with van der Waals surface area (Å²) in [6.07, 6.45) is -1.05. The van der Waals surface area contributed by atoms with Crippen molar-refractivity contribution in [3.63, 3.8) is 0 Å². The number of aliphatic hydroxyl groups is 1. The van der Waals surface area contributed by atoms with Crippen molar-refractivity contribution in [1.29, 1.82) is 5.26 Å². The van der Waals surface area contributed by atoms with Crippen molar-refractivity contribution in [2.45, 2.75) is 12.6 Å². The van der Waals surface area contributed by atoms with Gasteiger partial charge in [-0.1, -0.05) is 18.2 Å². The highest BCUT2D eigenvalue weighted by atomic mass is 19.1. The van der Waals surface area contributed by atoms with Gasteiger partial charge in [0.25, 0.3) is 0 Å². The van der Waals surface area contributed by atoms with Gasteiger partial charge >= 0.3 is 0 Å². The molecule has 0 saturated heterocycles. The highest BCUT2D eigenvalue weighted by molar-refractivity contribution is 5.31. The lowest BCUT2D eigenvalue weighted by Gasteiger charge is -2.13. The average molecular weight is 288 g/mol. The van der Waals surface area contributed by atoms with E-state index in [1.165, 1.54) is 6.07 Å². The van der Waals surface area contributed by atoms with Crippen LogP contribution < -0.4 is 5.32 Å². The Labute approximate surface area is 121 Å². The van der Waals surface area contributed by atoms with Crippen LogP contribution in [-0.4, -0.2) is 11.7 Å². The van der Waals surface area contributed by atoms with E-state index in [0.717, 1.165) is 17.7 Å². The van der Waals surface area contributed by atoms with Crippen LogP contribution in [0.25, 0.3) is 0 Å². The molecule has 2 rings (SSSR count). The Morgan fingerprint density at radius 3 is 2.48 bits per heavy atom. The molecule has 0 heterocycles. The van der Waals surface area contributed by atoms with Crippen LogP contribution in [0.1, 0.15) is 22.8 Å². The SMILES string of the molecule is N#Cc1ccc(CNCC(O)c2ccc(F)cc2F)cc1. The first kappa shape index (κ1) is 15.1. The summed E-state index contributed by atoms with van der Waals surface area (Å²) in [6.45, 7) is 0.619. The van der Waals surface area contributed by atoms with E-state index < -0.39 is 17.7 Å². The van der Waals surface area contributed by atoms with Gasteiger partial charge in [-0.2, -0.15) is 5.26 Å². The smallest absolute Gasteiger partial charge is 0.131 e. The normalized spacial score (nSPS) is 11.9. The minimum absolute atomic E-state index is 0.0590. The monoisotopic (exact) mass is 288 g/mol. The predicted octanol–water partition coefficient (Wildman–Crippen LogP) is 2.66. The lowest BCUT2D eigenvalue weighted by atomic mass is 10.1. The van der Waals surface area contributed by atoms with Gasteiger partial charge in [0.1, 0.15) is 11.6 Å². The van der Waals surface area contributed by atoms with Crippen LogP contribution in [0.5, 0.6) is 0 Å². The second-order valence-corrected chi connectivity index (χ2v) is 4.62. The third kappa shape index (κ3) is 4.09. The third-order valence-corrected chi connectivity index (χ3v) is 3.07. The van der Waals surface area contributed by atoms with E-state index >= 15 is 0 Å². The lowest BCUT2D eigenvalue weighted by molar-refractivity contribution is 0.169. The second-order valence-electron chi connectivity index (χ2n) is 4.62. The van der Waals surface area contributed by atoms with Crippen molar-refractivity contribution in [3.8, 4) is 6.07 Å². The number of nitriles is 1. The van der Waals surface area contributed by atoms with Crippen molar-refractivity contribution in [1.82, 2.24) is 5.32 Å². The Morgan fingerprint density at radius 1 is 1.14 bits per heavy atom. The number of halogens is 2. The molecule has 0 aromatic heterocycles. The Balaban J connectivity index is 1.89. The van der Waals surface area contributed by atoms with Gasteiger partial charge in [0.05, 0.1) is 17.7 Å². The molecule has 1 unspecified atom stereocenters. The van der Waals surface area contributed by atoms with Gasteiger partial charge in [-0.15, -0.1) is 0 Å². The zero-order chi connectivity index (χ0) is 15.2. The summed E-state index contributed by atoms with van der Waals surface area (Å²) in [4.78, 5) is 0. The highest BCUT2D eigenvalue weighted by Gasteiger charge is 2.13. The molecule has 2 aromatic carbocycles. The minimum Gasteiger partial charge on any atom is -0.387 e. The molecule has 0 aliphatic carbocycles. The van der Waals surface area contributed by atoms with E-state index in [1.54, 1.807) is 24.3 Å². The van der Waals surface area contributed by atoms with E-state index in [1.807, 2.05) is 6.07 Å². The molecule has 0 aliphatic rings. The van der Waals surface area contributed by atoms with E-state index in [4.69, 9.17) is 5.26 Å². The summed E-state index contributed by atoms with van der Waals surface area (Å²) in [5.74, 6) is -1.43. The number of rotatable bonds is 5. The van der Waals surface area contributed by atoms with Crippen LogP contribution in [0.15, 0.2) is 42.5 Å². The van der Waals surface area contributed by atoms with Crippen LogP contribution in [-0.2, 0) is 6.54 Å². The van der Waals surface area contributed by atoms with Crippen molar-refractivity contribution >= 4 is 0 Å². The lowest BCUT2D eigenvalue weighted by Crippen LogP contribution is -2.21. The largest absolute Gasteiger partial charge is 0.387 e. The Morgan fingerprint density at radius 2 is 1.86 bits per heavy atom. The summed E-state index contributed by atoms with van der Waals surface area (Å²) < 4.78 is 26.3. The molecule has 0 bridgehead atoms. The maximum absolute atomic E-state index is 13.5. The summed E-state index contributed by atoms with van der Waals surface area (Å²) in [5.41, 5.74) is 1.58. The average Bonchev–Trinajstić information content (AvgIpc) is 2.47. The maximum Gasteiger partial charge on any atom is 0.131 e. The van der Waals surface area contributed by atoms with Crippen LogP contribution in [0.3, 0.4) is 0 Å². The zero-order valence-electron chi connectivity index (χ0n) is 11.2. The molecule has 0 amide bonds. The first-order valence-electron chi connectivity index (χ1n) is 6.43. The van der Waals surface area contributed by atoms with Crippen molar-refractivity contribution in [3.05, 3.63) is 70.8 Å². The van der Waals surface area contributed by atoms with Crippen molar-refractivity contribution in [2.75, 3.05) is 6.54 Å². The van der Waals surface area contributed by atoms with Gasteiger partial charge in [0.2, 0.25) is 0 Å². The fraction of sp³-hybridized carbons (Fsp3) is 0.188. The third-order valence-electron chi connectivity index (χ3n) is 3.07. The van der Waals surface area contributed by atoms with E-state index in [9.17, 15) is 13.9 Å². The molecule has 108 valence electrons. The molecule has 0 aliphatic heterocycles. The Kier molecular flexibility index (Phi) is 4.99. The standard InChI is InChI=1S/C16H14F2N2O/c17-13-5-6-14(15(18)7-13)16(21)10-20-9-12-3-1-11(8-19)2-4-12/h1-7,16,20-21H,9-10H2. The molecule has 21 heavy (non-hydrogen) atoms. The maximum atomic E-state index is 13.5. The quantitative estimate of drug-likeness (QED) is 0.889. The second kappa shape index (κ2) is 6.93. The Bertz CT molecular complexity index is 650. The number of nitrogens with zero attached hydrogens (tertiary/aromatic N) is 1. The minimum atomic E-state index is -1.05. The number of hydrogen-bond acceptors (Lipinski definition) is 3. The number of hydrogen-bond donors (Lipinski definition) is 2. The molecule has 3 nitrogen and oxygen atoms in total. The Hall–Kier alpha value is -2.29. The summed E-state index contributed by atoms with van der Waals surface area (Å²) >= 11 is 0. The zero-order valence-corrected chi connectivity index (χ0v) is 11.2. The molecule has 2 aromatic rings. The molecule has 2 N–H and O–H groups in total. The number of aliphatic hydroxyl groups excluding tert-OH is 1. The van der Waals surface area contributed by atoms with Crippen LogP contribution in [0.2, 0.25) is 0 Å². The molecular weight excluding hydrogens is 274 g/mol. The predicted molar refractivity (Wildman–Crippen MR) is 74.2 cm³/mol. The van der Waals surface area contributed by atoms with Gasteiger partial charge in [-0.25, -0.2) is 8.78 Å². The summed E-state index contributed by atoms with van der Waals surface area (Å²) in [7, 11) is 0. The van der Waals surface area contributed by atoms with Crippen LogP contribution in [0, 0.1) is 23.0 Å². The molecule has 0 saturated carbocycles. The number of nitrogens with one attached hydrogen (secondary N) is 1. The van der Waals surface area contributed by atoms with Gasteiger partial charge < -0.3 is 10.4 Å². The molecule has 0 fully saturated rings. The molecule has 5 heteroatoms. The van der Waals surface area contributed by atoms with E-state index in [0.29, 0.717) is 12.1 Å². The molecule has 0 spiro atoms. The van der Waals surface area contributed by atoms with E-state index in [2.05, 4.69) is 5.32 Å². The fourth-order valence-corrected chi connectivity index (χ4v) is 1.93. The molecule has 0 radical (unpaired) electrons. The highest BCUT2D eigenvalue weighted by Crippen LogP contribution is 2.17. The van der Waals surface area contributed by atoms with Gasteiger partial charge in [0.15, 0.2) is 0 Å². The molecule has 1 atom stereocenters. The van der Waals surface area contributed by atoms with Crippen LogP contribution in [0.4, 0.5) is 8.78 Å². The van der Waals surface area contributed by atoms with Crippen molar-refractivity contribution in [2.24, 2.45) is 0 Å². The summed E-state index contributed by atoms with van der Waals surface area (Å²) in [5, 5.41) is 21.6. The van der Waals surface area contributed by atoms with E-state index in [-0.39, 0.29) is 12.1 Å². The fourth-order valence-electron chi connectivity index (χ4n) is 1.93. The van der Waals surface area contributed by atoms with Gasteiger partial charge in [-0.05, 0) is 23.8 Å². The summed E-state index contributed by atoms with van der Waals surface area (Å²) in [6, 6.07) is 12.1. The van der Waals surface area contributed by atoms with Crippen molar-refractivity contribution < 1.29 is 13.9 Å². The first-order valence-corrected chi connectivity index (χ1v) is 6.43. The van der Waals surface area contributed by atoms with Gasteiger partial charge in [-0.3, -0.25) is 0 Å².